The fraction of sp³-hybridized carbons (Fsp3) is 0.571. The van der Waals surface area contributed by atoms with Crippen molar-refractivity contribution in [2.45, 2.75) is 38.6 Å². The minimum Gasteiger partial charge on any atom is -0.382 e. The van der Waals surface area contributed by atoms with Gasteiger partial charge in [-0.1, -0.05) is 44.2 Å². The van der Waals surface area contributed by atoms with Gasteiger partial charge in [0.05, 0.1) is 0 Å². The minimum absolute atomic E-state index is 0.00163. The summed E-state index contributed by atoms with van der Waals surface area (Å²) in [6.45, 7) is 7.90. The van der Waals surface area contributed by atoms with Crippen LogP contribution in [0.3, 0.4) is 0 Å². The smallest absolute Gasteiger partial charge is 0.0480 e. The van der Waals surface area contributed by atoms with Crippen LogP contribution in [-0.2, 0) is 10.2 Å². The Bertz CT molecular complexity index is 295. The number of hydrogen-bond donors (Lipinski definition) is 1. The molecule has 0 amide bonds. The molecule has 0 aliphatic heterocycles. The lowest BCUT2D eigenvalue weighted by molar-refractivity contribution is 0.132. The van der Waals surface area contributed by atoms with E-state index in [1.807, 2.05) is 13.0 Å². The Labute approximate surface area is 98.8 Å². The van der Waals surface area contributed by atoms with Crippen molar-refractivity contribution in [3.05, 3.63) is 35.9 Å². The highest BCUT2D eigenvalue weighted by molar-refractivity contribution is 5.25. The van der Waals surface area contributed by atoms with Gasteiger partial charge in [0, 0.05) is 24.7 Å². The van der Waals surface area contributed by atoms with Crippen LogP contribution in [0.1, 0.15) is 32.8 Å². The van der Waals surface area contributed by atoms with Crippen molar-refractivity contribution in [2.75, 3.05) is 13.2 Å². The number of benzene rings is 1. The third-order valence-corrected chi connectivity index (χ3v) is 3.22. The van der Waals surface area contributed by atoms with Gasteiger partial charge in [0.2, 0.25) is 0 Å². The van der Waals surface area contributed by atoms with Crippen molar-refractivity contribution in [3.63, 3.8) is 0 Å². The van der Waals surface area contributed by atoms with Crippen LogP contribution in [0.4, 0.5) is 0 Å². The number of nitrogens with two attached hydrogens (primary N) is 1. The standard InChI is InChI=1S/C14H23NO/c1-4-16-11-10-13(15)14(2,3)12-8-6-5-7-9-12/h5-9,13H,4,10-11,15H2,1-3H3. The van der Waals surface area contributed by atoms with E-state index in [2.05, 4.69) is 38.1 Å². The summed E-state index contributed by atoms with van der Waals surface area (Å²) in [5.74, 6) is 0. The number of rotatable bonds is 6. The van der Waals surface area contributed by atoms with Gasteiger partial charge in [-0.05, 0) is 18.9 Å². The summed E-state index contributed by atoms with van der Waals surface area (Å²) in [6.07, 6.45) is 0.899. The van der Waals surface area contributed by atoms with E-state index in [1.165, 1.54) is 5.56 Å². The molecular formula is C14H23NO. The van der Waals surface area contributed by atoms with Gasteiger partial charge < -0.3 is 10.5 Å². The van der Waals surface area contributed by atoms with E-state index >= 15 is 0 Å². The predicted molar refractivity (Wildman–Crippen MR) is 68.6 cm³/mol. The Balaban J connectivity index is 2.62. The van der Waals surface area contributed by atoms with Crippen LogP contribution in [0, 0.1) is 0 Å². The van der Waals surface area contributed by atoms with Crippen LogP contribution in [0.5, 0.6) is 0 Å². The highest BCUT2D eigenvalue weighted by Gasteiger charge is 2.27. The van der Waals surface area contributed by atoms with Crippen molar-refractivity contribution in [1.82, 2.24) is 0 Å². The lowest BCUT2D eigenvalue weighted by Gasteiger charge is -2.32. The van der Waals surface area contributed by atoms with Crippen LogP contribution in [-0.4, -0.2) is 19.3 Å². The van der Waals surface area contributed by atoms with Crippen LogP contribution < -0.4 is 5.73 Å². The van der Waals surface area contributed by atoms with Gasteiger partial charge in [0.15, 0.2) is 0 Å². The molecule has 0 saturated heterocycles. The Morgan fingerprint density at radius 3 is 2.44 bits per heavy atom. The molecule has 90 valence electrons. The molecule has 0 saturated carbocycles. The monoisotopic (exact) mass is 221 g/mol. The zero-order chi connectivity index (χ0) is 12.0. The molecule has 0 aromatic heterocycles. The normalized spacial score (nSPS) is 13.8. The van der Waals surface area contributed by atoms with E-state index < -0.39 is 0 Å². The Kier molecular flexibility index (Phi) is 4.97. The van der Waals surface area contributed by atoms with Crippen LogP contribution >= 0.6 is 0 Å². The largest absolute Gasteiger partial charge is 0.382 e. The maximum Gasteiger partial charge on any atom is 0.0480 e. The molecule has 0 bridgehead atoms. The second-order valence-corrected chi connectivity index (χ2v) is 4.68. The van der Waals surface area contributed by atoms with Crippen molar-refractivity contribution < 1.29 is 4.74 Å². The molecule has 2 nitrogen and oxygen atoms in total. The summed E-state index contributed by atoms with van der Waals surface area (Å²) < 4.78 is 5.36. The molecule has 0 fully saturated rings. The van der Waals surface area contributed by atoms with E-state index in [4.69, 9.17) is 10.5 Å². The average molecular weight is 221 g/mol. The van der Waals surface area contributed by atoms with Crippen LogP contribution in [0.15, 0.2) is 30.3 Å². The minimum atomic E-state index is -0.00163. The first kappa shape index (κ1) is 13.2. The van der Waals surface area contributed by atoms with Gasteiger partial charge in [0.25, 0.3) is 0 Å². The maximum atomic E-state index is 6.24. The molecule has 0 aliphatic carbocycles. The summed E-state index contributed by atoms with van der Waals surface area (Å²) >= 11 is 0. The van der Waals surface area contributed by atoms with Gasteiger partial charge in [-0.3, -0.25) is 0 Å². The molecule has 16 heavy (non-hydrogen) atoms. The molecule has 1 atom stereocenters. The summed E-state index contributed by atoms with van der Waals surface area (Å²) in [4.78, 5) is 0. The maximum absolute atomic E-state index is 6.24. The molecule has 1 aromatic rings. The van der Waals surface area contributed by atoms with Crippen molar-refractivity contribution in [3.8, 4) is 0 Å². The van der Waals surface area contributed by atoms with Gasteiger partial charge in [-0.25, -0.2) is 0 Å². The third kappa shape index (κ3) is 3.32. The Morgan fingerprint density at radius 2 is 1.88 bits per heavy atom. The molecule has 1 rings (SSSR count). The van der Waals surface area contributed by atoms with E-state index in [0.29, 0.717) is 0 Å². The summed E-state index contributed by atoms with van der Waals surface area (Å²) in [5, 5.41) is 0. The molecule has 0 aliphatic rings. The van der Waals surface area contributed by atoms with Crippen molar-refractivity contribution in [2.24, 2.45) is 5.73 Å². The molecule has 0 heterocycles. The van der Waals surface area contributed by atoms with Gasteiger partial charge in [-0.15, -0.1) is 0 Å². The third-order valence-electron chi connectivity index (χ3n) is 3.22. The lowest BCUT2D eigenvalue weighted by atomic mass is 9.77. The average Bonchev–Trinajstić information content (AvgIpc) is 2.30. The fourth-order valence-corrected chi connectivity index (χ4v) is 1.80. The molecule has 1 aromatic carbocycles. The van der Waals surface area contributed by atoms with E-state index in [-0.39, 0.29) is 11.5 Å². The van der Waals surface area contributed by atoms with E-state index in [9.17, 15) is 0 Å². The first-order valence-electron chi connectivity index (χ1n) is 5.98. The summed E-state index contributed by atoms with van der Waals surface area (Å²) in [7, 11) is 0. The number of ether oxygens (including phenoxy) is 1. The first-order chi connectivity index (χ1) is 7.59. The van der Waals surface area contributed by atoms with Crippen LogP contribution in [0.25, 0.3) is 0 Å². The molecule has 0 spiro atoms. The predicted octanol–water partition coefficient (Wildman–Crippen LogP) is 2.72. The molecule has 1 unspecified atom stereocenters. The first-order valence-corrected chi connectivity index (χ1v) is 5.98. The van der Waals surface area contributed by atoms with Gasteiger partial charge in [-0.2, -0.15) is 0 Å². The lowest BCUT2D eigenvalue weighted by Crippen LogP contribution is -2.41. The quantitative estimate of drug-likeness (QED) is 0.750. The Hall–Kier alpha value is -0.860. The molecule has 2 N–H and O–H groups in total. The summed E-state index contributed by atoms with van der Waals surface area (Å²) in [5.41, 5.74) is 7.53. The van der Waals surface area contributed by atoms with E-state index in [0.717, 1.165) is 19.6 Å². The number of hydrogen-bond acceptors (Lipinski definition) is 2. The van der Waals surface area contributed by atoms with Gasteiger partial charge in [0.1, 0.15) is 0 Å². The molecular weight excluding hydrogens is 198 g/mol. The SMILES string of the molecule is CCOCCC(N)C(C)(C)c1ccccc1. The van der Waals surface area contributed by atoms with Crippen molar-refractivity contribution >= 4 is 0 Å². The topological polar surface area (TPSA) is 35.2 Å². The summed E-state index contributed by atoms with van der Waals surface area (Å²) in [6, 6.07) is 10.6. The Morgan fingerprint density at radius 1 is 1.25 bits per heavy atom. The molecule has 0 radical (unpaired) electrons. The van der Waals surface area contributed by atoms with Crippen molar-refractivity contribution in [1.29, 1.82) is 0 Å². The highest BCUT2D eigenvalue weighted by atomic mass is 16.5. The second-order valence-electron chi connectivity index (χ2n) is 4.68. The second kappa shape index (κ2) is 6.02. The molecule has 2 heteroatoms. The highest BCUT2D eigenvalue weighted by Crippen LogP contribution is 2.27. The van der Waals surface area contributed by atoms with Crippen LogP contribution in [0.2, 0.25) is 0 Å². The zero-order valence-corrected chi connectivity index (χ0v) is 10.6. The fourth-order valence-electron chi connectivity index (χ4n) is 1.80. The van der Waals surface area contributed by atoms with E-state index in [1.54, 1.807) is 0 Å². The zero-order valence-electron chi connectivity index (χ0n) is 10.6. The van der Waals surface area contributed by atoms with Gasteiger partial charge >= 0.3 is 0 Å².